The van der Waals surface area contributed by atoms with E-state index in [1.165, 1.54) is 30.5 Å². The molecule has 0 aliphatic heterocycles. The smallest absolute Gasteiger partial charge is 0.191 e. The molecule has 5 heteroatoms. The minimum absolute atomic E-state index is 0.432. The summed E-state index contributed by atoms with van der Waals surface area (Å²) in [5, 5.41) is 11.3. The molecule has 0 spiro atoms. The van der Waals surface area contributed by atoms with E-state index < -0.39 is 0 Å². The topological polar surface area (TPSA) is 54.2 Å². The molecule has 126 valence electrons. The Kier molecular flexibility index (Phi) is 7.42. The van der Waals surface area contributed by atoms with E-state index in [0.29, 0.717) is 6.04 Å². The molecule has 5 nitrogen and oxygen atoms in total. The number of rotatable bonds is 7. The van der Waals surface area contributed by atoms with Crippen molar-refractivity contribution in [3.63, 3.8) is 0 Å². The number of guanidine groups is 1. The molecular weight excluding hydrogens is 274 g/mol. The normalized spacial score (nSPS) is 13.5. The number of aliphatic imine (C=N–C) groups is 1. The Morgan fingerprint density at radius 3 is 2.41 bits per heavy atom. The third kappa shape index (κ3) is 5.70. The van der Waals surface area contributed by atoms with Crippen LogP contribution >= 0.6 is 0 Å². The second kappa shape index (κ2) is 8.81. The zero-order chi connectivity index (χ0) is 16.7. The van der Waals surface area contributed by atoms with Crippen LogP contribution in [0.4, 0.5) is 0 Å². The lowest BCUT2D eigenvalue weighted by atomic mass is 10.0. The number of hydrogen-bond acceptors (Lipinski definition) is 2. The summed E-state index contributed by atoms with van der Waals surface area (Å²) in [7, 11) is 3.80. The van der Waals surface area contributed by atoms with Crippen molar-refractivity contribution in [3.8, 4) is 0 Å². The lowest BCUT2D eigenvalue weighted by molar-refractivity contribution is 0.491. The Balaban J connectivity index is 2.45. The van der Waals surface area contributed by atoms with Gasteiger partial charge < -0.3 is 10.6 Å². The predicted octanol–water partition coefficient (Wildman–Crippen LogP) is 2.92. The Morgan fingerprint density at radius 2 is 1.91 bits per heavy atom. The quantitative estimate of drug-likeness (QED) is 0.601. The zero-order valence-electron chi connectivity index (χ0n) is 15.3. The maximum absolute atomic E-state index is 4.45. The fourth-order valence-corrected chi connectivity index (χ4v) is 2.58. The SMILES string of the molecule is CN=C(NCc1c(C)nn(C)c1C)NC(C)CCCC(C)C. The van der Waals surface area contributed by atoms with E-state index in [-0.39, 0.29) is 0 Å². The first-order chi connectivity index (χ1) is 10.3. The molecule has 0 saturated heterocycles. The van der Waals surface area contributed by atoms with E-state index in [2.05, 4.69) is 55.3 Å². The van der Waals surface area contributed by atoms with Gasteiger partial charge in [-0.05, 0) is 33.1 Å². The standard InChI is InChI=1S/C17H33N5/c1-12(2)9-8-10-13(3)20-17(18-6)19-11-16-14(4)21-22(7)15(16)5/h12-13H,8-11H2,1-7H3,(H2,18,19,20). The highest BCUT2D eigenvalue weighted by Gasteiger charge is 2.11. The van der Waals surface area contributed by atoms with Gasteiger partial charge in [0, 0.05) is 37.9 Å². The molecular formula is C17H33N5. The highest BCUT2D eigenvalue weighted by Crippen LogP contribution is 2.11. The molecule has 1 aromatic rings. The van der Waals surface area contributed by atoms with Crippen LogP contribution in [-0.4, -0.2) is 28.8 Å². The largest absolute Gasteiger partial charge is 0.354 e. The molecule has 2 N–H and O–H groups in total. The van der Waals surface area contributed by atoms with E-state index in [1.54, 1.807) is 0 Å². The summed E-state index contributed by atoms with van der Waals surface area (Å²) >= 11 is 0. The first-order valence-corrected chi connectivity index (χ1v) is 8.31. The minimum atomic E-state index is 0.432. The van der Waals surface area contributed by atoms with E-state index in [1.807, 2.05) is 18.8 Å². The molecule has 0 amide bonds. The van der Waals surface area contributed by atoms with Gasteiger partial charge in [-0.2, -0.15) is 5.10 Å². The second-order valence-electron chi connectivity index (χ2n) is 6.57. The highest BCUT2D eigenvalue weighted by atomic mass is 15.3. The maximum Gasteiger partial charge on any atom is 0.191 e. The van der Waals surface area contributed by atoms with Gasteiger partial charge in [0.1, 0.15) is 0 Å². The summed E-state index contributed by atoms with van der Waals surface area (Å²) in [6.07, 6.45) is 3.71. The van der Waals surface area contributed by atoms with Gasteiger partial charge in [-0.15, -0.1) is 0 Å². The Hall–Kier alpha value is -1.52. The van der Waals surface area contributed by atoms with Crippen LogP contribution in [0.1, 0.15) is 57.0 Å². The van der Waals surface area contributed by atoms with Gasteiger partial charge in [0.15, 0.2) is 5.96 Å². The molecule has 0 aromatic carbocycles. The summed E-state index contributed by atoms with van der Waals surface area (Å²) in [4.78, 5) is 4.32. The van der Waals surface area contributed by atoms with Crippen molar-refractivity contribution in [3.05, 3.63) is 17.0 Å². The summed E-state index contributed by atoms with van der Waals surface area (Å²) < 4.78 is 1.93. The molecule has 0 radical (unpaired) electrons. The van der Waals surface area contributed by atoms with Crippen LogP contribution in [-0.2, 0) is 13.6 Å². The molecule has 1 unspecified atom stereocenters. The molecule has 0 aliphatic rings. The third-order valence-electron chi connectivity index (χ3n) is 4.12. The van der Waals surface area contributed by atoms with Crippen LogP contribution in [0.25, 0.3) is 0 Å². The summed E-state index contributed by atoms with van der Waals surface area (Å²) in [5.41, 5.74) is 3.52. The first-order valence-electron chi connectivity index (χ1n) is 8.31. The third-order valence-corrected chi connectivity index (χ3v) is 4.12. The van der Waals surface area contributed by atoms with Gasteiger partial charge >= 0.3 is 0 Å². The van der Waals surface area contributed by atoms with Crippen molar-refractivity contribution in [2.24, 2.45) is 18.0 Å². The van der Waals surface area contributed by atoms with Gasteiger partial charge in [0.2, 0.25) is 0 Å². The lowest BCUT2D eigenvalue weighted by Gasteiger charge is -2.18. The summed E-state index contributed by atoms with van der Waals surface area (Å²) in [6.45, 7) is 11.7. The van der Waals surface area contributed by atoms with Gasteiger partial charge in [0.05, 0.1) is 5.69 Å². The van der Waals surface area contributed by atoms with Crippen molar-refractivity contribution in [1.82, 2.24) is 20.4 Å². The molecule has 1 rings (SSSR count). The Morgan fingerprint density at radius 1 is 1.23 bits per heavy atom. The molecule has 0 saturated carbocycles. The van der Waals surface area contributed by atoms with Crippen molar-refractivity contribution in [2.45, 2.75) is 66.5 Å². The molecule has 1 aromatic heterocycles. The summed E-state index contributed by atoms with van der Waals surface area (Å²) in [6, 6.07) is 0.432. The van der Waals surface area contributed by atoms with E-state index in [9.17, 15) is 0 Å². The Bertz CT molecular complexity index is 487. The second-order valence-corrected chi connectivity index (χ2v) is 6.57. The van der Waals surface area contributed by atoms with Crippen LogP contribution in [0, 0.1) is 19.8 Å². The van der Waals surface area contributed by atoms with Gasteiger partial charge in [-0.1, -0.05) is 26.7 Å². The van der Waals surface area contributed by atoms with Gasteiger partial charge in [-0.25, -0.2) is 0 Å². The van der Waals surface area contributed by atoms with Crippen LogP contribution in [0.5, 0.6) is 0 Å². The average Bonchev–Trinajstić information content (AvgIpc) is 2.68. The molecule has 0 aliphatic carbocycles. The average molecular weight is 307 g/mol. The lowest BCUT2D eigenvalue weighted by Crippen LogP contribution is -2.42. The molecule has 1 heterocycles. The zero-order valence-corrected chi connectivity index (χ0v) is 15.3. The van der Waals surface area contributed by atoms with Gasteiger partial charge in [-0.3, -0.25) is 9.67 Å². The van der Waals surface area contributed by atoms with Crippen molar-refractivity contribution in [2.75, 3.05) is 7.05 Å². The van der Waals surface area contributed by atoms with E-state index in [0.717, 1.165) is 24.1 Å². The first kappa shape index (κ1) is 18.5. The minimum Gasteiger partial charge on any atom is -0.354 e. The van der Waals surface area contributed by atoms with Crippen molar-refractivity contribution < 1.29 is 0 Å². The fourth-order valence-electron chi connectivity index (χ4n) is 2.58. The number of aromatic nitrogens is 2. The monoisotopic (exact) mass is 307 g/mol. The highest BCUT2D eigenvalue weighted by molar-refractivity contribution is 5.79. The molecule has 0 fully saturated rings. The maximum atomic E-state index is 4.45. The van der Waals surface area contributed by atoms with Crippen LogP contribution < -0.4 is 10.6 Å². The fraction of sp³-hybridized carbons (Fsp3) is 0.765. The summed E-state index contributed by atoms with van der Waals surface area (Å²) in [5.74, 6) is 1.64. The van der Waals surface area contributed by atoms with Crippen LogP contribution in [0.3, 0.4) is 0 Å². The predicted molar refractivity (Wildman–Crippen MR) is 94.2 cm³/mol. The van der Waals surface area contributed by atoms with Crippen molar-refractivity contribution >= 4 is 5.96 Å². The number of nitrogens with zero attached hydrogens (tertiary/aromatic N) is 3. The number of aryl methyl sites for hydroxylation is 2. The molecule has 22 heavy (non-hydrogen) atoms. The van der Waals surface area contributed by atoms with E-state index >= 15 is 0 Å². The molecule has 1 atom stereocenters. The Labute approximate surface area is 135 Å². The van der Waals surface area contributed by atoms with Crippen LogP contribution in [0.15, 0.2) is 4.99 Å². The number of nitrogens with one attached hydrogen (secondary N) is 2. The van der Waals surface area contributed by atoms with Crippen molar-refractivity contribution in [1.29, 1.82) is 0 Å². The van der Waals surface area contributed by atoms with E-state index in [4.69, 9.17) is 0 Å². The van der Waals surface area contributed by atoms with Gasteiger partial charge in [0.25, 0.3) is 0 Å². The number of hydrogen-bond donors (Lipinski definition) is 2. The van der Waals surface area contributed by atoms with Crippen LogP contribution in [0.2, 0.25) is 0 Å². The molecule has 0 bridgehead atoms.